The van der Waals surface area contributed by atoms with Crippen LogP contribution >= 0.6 is 0 Å². The monoisotopic (exact) mass is 152 g/mol. The smallest absolute Gasteiger partial charge is 0.250 e. The topological polar surface area (TPSA) is 48.0 Å². The van der Waals surface area contributed by atoms with Gasteiger partial charge in [-0.1, -0.05) is 6.07 Å². The molecule has 0 spiro atoms. The van der Waals surface area contributed by atoms with E-state index in [2.05, 4.69) is 0 Å². The minimum atomic E-state index is 0.0240. The molecule has 2 N–H and O–H groups in total. The van der Waals surface area contributed by atoms with E-state index in [0.29, 0.717) is 6.54 Å². The van der Waals surface area contributed by atoms with Gasteiger partial charge in [0, 0.05) is 25.2 Å². The summed E-state index contributed by atoms with van der Waals surface area (Å²) in [6.07, 6.45) is 0.757. The van der Waals surface area contributed by atoms with Crippen molar-refractivity contribution >= 4 is 0 Å². The van der Waals surface area contributed by atoms with Crippen molar-refractivity contribution in [3.05, 3.63) is 34.2 Å². The number of pyridine rings is 1. The van der Waals surface area contributed by atoms with Crippen molar-refractivity contribution in [3.63, 3.8) is 0 Å². The lowest BCUT2D eigenvalue weighted by atomic mass is 10.2. The third-order valence-electron chi connectivity index (χ3n) is 1.69. The fraction of sp³-hybridized carbons (Fsp3) is 0.375. The highest BCUT2D eigenvalue weighted by atomic mass is 16.1. The van der Waals surface area contributed by atoms with Crippen LogP contribution in [0.15, 0.2) is 23.0 Å². The molecule has 0 saturated heterocycles. The lowest BCUT2D eigenvalue weighted by Gasteiger charge is -2.04. The van der Waals surface area contributed by atoms with E-state index in [1.54, 1.807) is 23.7 Å². The van der Waals surface area contributed by atoms with Crippen LogP contribution in [0.2, 0.25) is 0 Å². The second-order valence-corrected chi connectivity index (χ2v) is 2.45. The molecule has 1 heterocycles. The first kappa shape index (κ1) is 8.01. The Kier molecular flexibility index (Phi) is 2.44. The summed E-state index contributed by atoms with van der Waals surface area (Å²) >= 11 is 0. The van der Waals surface area contributed by atoms with Gasteiger partial charge in [-0.15, -0.1) is 0 Å². The van der Waals surface area contributed by atoms with Crippen molar-refractivity contribution in [3.8, 4) is 0 Å². The van der Waals surface area contributed by atoms with Crippen molar-refractivity contribution in [2.75, 3.05) is 6.54 Å². The molecule has 0 radical (unpaired) electrons. The molecule has 60 valence electrons. The fourth-order valence-corrected chi connectivity index (χ4v) is 1.01. The van der Waals surface area contributed by atoms with Crippen molar-refractivity contribution in [2.45, 2.75) is 6.42 Å². The third-order valence-corrected chi connectivity index (χ3v) is 1.69. The van der Waals surface area contributed by atoms with Gasteiger partial charge in [0.2, 0.25) is 5.56 Å². The normalized spacial score (nSPS) is 10.0. The first-order valence-electron chi connectivity index (χ1n) is 3.60. The Hall–Kier alpha value is -1.09. The minimum absolute atomic E-state index is 0.0240. The van der Waals surface area contributed by atoms with E-state index in [-0.39, 0.29) is 5.56 Å². The summed E-state index contributed by atoms with van der Waals surface area (Å²) in [5, 5.41) is 0. The molecule has 1 rings (SSSR count). The molecule has 11 heavy (non-hydrogen) atoms. The molecule has 0 saturated carbocycles. The van der Waals surface area contributed by atoms with Gasteiger partial charge in [-0.05, 0) is 12.6 Å². The van der Waals surface area contributed by atoms with Crippen molar-refractivity contribution in [2.24, 2.45) is 12.8 Å². The second kappa shape index (κ2) is 3.34. The lowest BCUT2D eigenvalue weighted by molar-refractivity contribution is 0.761. The lowest BCUT2D eigenvalue weighted by Crippen LogP contribution is -2.20. The van der Waals surface area contributed by atoms with Gasteiger partial charge in [0.05, 0.1) is 0 Å². The predicted octanol–water partition coefficient (Wildman–Crippen LogP) is -0.114. The maximum atomic E-state index is 11.0. The maximum absolute atomic E-state index is 11.0. The van der Waals surface area contributed by atoms with Gasteiger partial charge in [0.1, 0.15) is 0 Å². The summed E-state index contributed by atoms with van der Waals surface area (Å²) in [6, 6.07) is 5.21. The van der Waals surface area contributed by atoms with Gasteiger partial charge in [0.15, 0.2) is 0 Å². The molecule has 3 heteroatoms. The number of hydrogen-bond acceptors (Lipinski definition) is 2. The van der Waals surface area contributed by atoms with Gasteiger partial charge in [-0.25, -0.2) is 0 Å². The van der Waals surface area contributed by atoms with Gasteiger partial charge in [0.25, 0.3) is 0 Å². The van der Waals surface area contributed by atoms with Crippen LogP contribution in [0.4, 0.5) is 0 Å². The number of rotatable bonds is 2. The van der Waals surface area contributed by atoms with E-state index in [9.17, 15) is 4.79 Å². The molecule has 0 amide bonds. The van der Waals surface area contributed by atoms with Crippen molar-refractivity contribution in [1.82, 2.24) is 4.57 Å². The Bertz CT molecular complexity index is 290. The van der Waals surface area contributed by atoms with E-state index in [0.717, 1.165) is 12.1 Å². The first-order valence-corrected chi connectivity index (χ1v) is 3.60. The van der Waals surface area contributed by atoms with Gasteiger partial charge in [-0.3, -0.25) is 4.79 Å². The zero-order valence-corrected chi connectivity index (χ0v) is 6.58. The summed E-state index contributed by atoms with van der Waals surface area (Å²) in [4.78, 5) is 11.0. The standard InChI is InChI=1S/C8H12N2O/c1-10-7(5-6-9)3-2-4-8(10)11/h2-4H,5-6,9H2,1H3. The van der Waals surface area contributed by atoms with Gasteiger partial charge in [-0.2, -0.15) is 0 Å². The molecule has 3 nitrogen and oxygen atoms in total. The molecular weight excluding hydrogens is 140 g/mol. The fourth-order valence-electron chi connectivity index (χ4n) is 1.01. The summed E-state index contributed by atoms with van der Waals surface area (Å²) in [7, 11) is 1.76. The molecule has 1 aromatic heterocycles. The van der Waals surface area contributed by atoms with Crippen molar-refractivity contribution in [1.29, 1.82) is 0 Å². The Morgan fingerprint density at radius 2 is 2.27 bits per heavy atom. The molecule has 0 atom stereocenters. The summed E-state index contributed by atoms with van der Waals surface area (Å²) < 4.78 is 1.62. The number of aromatic nitrogens is 1. The van der Waals surface area contributed by atoms with Crippen LogP contribution in [0.5, 0.6) is 0 Å². The zero-order valence-electron chi connectivity index (χ0n) is 6.58. The van der Waals surface area contributed by atoms with E-state index in [1.165, 1.54) is 0 Å². The third kappa shape index (κ3) is 1.68. The van der Waals surface area contributed by atoms with Crippen LogP contribution < -0.4 is 11.3 Å². The Morgan fingerprint density at radius 1 is 1.55 bits per heavy atom. The van der Waals surface area contributed by atoms with Crippen molar-refractivity contribution < 1.29 is 0 Å². The number of hydrogen-bond donors (Lipinski definition) is 1. The zero-order chi connectivity index (χ0) is 8.27. The SMILES string of the molecule is Cn1c(CCN)cccc1=O. The Balaban J connectivity index is 3.06. The van der Waals surface area contributed by atoms with Gasteiger partial charge >= 0.3 is 0 Å². The molecule has 0 aliphatic carbocycles. The summed E-state index contributed by atoms with van der Waals surface area (Å²) in [6.45, 7) is 0.581. The van der Waals surface area contributed by atoms with E-state index in [1.807, 2.05) is 6.07 Å². The maximum Gasteiger partial charge on any atom is 0.250 e. The molecule has 0 aromatic carbocycles. The Labute approximate surface area is 65.5 Å². The van der Waals surface area contributed by atoms with Gasteiger partial charge < -0.3 is 10.3 Å². The summed E-state index contributed by atoms with van der Waals surface area (Å²) in [5.74, 6) is 0. The largest absolute Gasteiger partial charge is 0.330 e. The van der Waals surface area contributed by atoms with Crippen LogP contribution in [-0.4, -0.2) is 11.1 Å². The highest BCUT2D eigenvalue weighted by Crippen LogP contribution is 1.93. The molecule has 0 fully saturated rings. The molecule has 0 aliphatic heterocycles. The van der Waals surface area contributed by atoms with Crippen LogP contribution in [0.25, 0.3) is 0 Å². The average molecular weight is 152 g/mol. The number of nitrogens with two attached hydrogens (primary N) is 1. The van der Waals surface area contributed by atoms with E-state index >= 15 is 0 Å². The molecule has 0 unspecified atom stereocenters. The number of nitrogens with zero attached hydrogens (tertiary/aromatic N) is 1. The van der Waals surface area contributed by atoms with E-state index in [4.69, 9.17) is 5.73 Å². The second-order valence-electron chi connectivity index (χ2n) is 2.45. The highest BCUT2D eigenvalue weighted by Gasteiger charge is 1.95. The van der Waals surface area contributed by atoms with Crippen LogP contribution in [0.3, 0.4) is 0 Å². The molecule has 1 aromatic rings. The van der Waals surface area contributed by atoms with Crippen LogP contribution in [0, 0.1) is 0 Å². The minimum Gasteiger partial charge on any atom is -0.330 e. The molecule has 0 bridgehead atoms. The predicted molar refractivity (Wildman–Crippen MR) is 44.4 cm³/mol. The quantitative estimate of drug-likeness (QED) is 0.642. The first-order chi connectivity index (χ1) is 5.25. The summed E-state index contributed by atoms with van der Waals surface area (Å²) in [5.41, 5.74) is 6.37. The molecular formula is C8H12N2O. The average Bonchev–Trinajstić information content (AvgIpc) is 1.99. The van der Waals surface area contributed by atoms with Crippen LogP contribution in [0.1, 0.15) is 5.69 Å². The highest BCUT2D eigenvalue weighted by molar-refractivity contribution is 5.06. The Morgan fingerprint density at radius 3 is 2.91 bits per heavy atom. The van der Waals surface area contributed by atoms with E-state index < -0.39 is 0 Å². The van der Waals surface area contributed by atoms with Crippen LogP contribution in [-0.2, 0) is 13.5 Å². The molecule has 0 aliphatic rings.